The topological polar surface area (TPSA) is 226 Å². The Morgan fingerprint density at radius 1 is 1.00 bits per heavy atom. The molecule has 0 aromatic heterocycles. The molecule has 1 unspecified atom stereocenters. The van der Waals surface area contributed by atoms with E-state index in [4.69, 9.17) is 14.6 Å². The van der Waals surface area contributed by atoms with Crippen LogP contribution in [0.15, 0.2) is 24.3 Å². The molecular formula is C14H23NO12P2. The van der Waals surface area contributed by atoms with E-state index in [0.29, 0.717) is 6.92 Å². The van der Waals surface area contributed by atoms with Crippen LogP contribution in [0.3, 0.4) is 0 Å². The fraction of sp³-hybridized carbons (Fsp3) is 0.571. The second-order valence-electron chi connectivity index (χ2n) is 6.57. The summed E-state index contributed by atoms with van der Waals surface area (Å²) >= 11 is 0. The molecule has 1 aromatic carbocycles. The zero-order valence-corrected chi connectivity index (χ0v) is 16.8. The third kappa shape index (κ3) is 4.98. The largest absolute Gasteiger partial charge is 0.462 e. The Hall–Kier alpha value is -1.08. The molecule has 0 saturated carbocycles. The summed E-state index contributed by atoms with van der Waals surface area (Å²) < 4.78 is 33.7. The lowest BCUT2D eigenvalue weighted by Crippen LogP contribution is -2.60. The van der Waals surface area contributed by atoms with Crippen LogP contribution in [0.25, 0.3) is 0 Å². The first kappa shape index (κ1) is 24.2. The SMILES string of the molecule is CC(Nc1ccc(OC2O[C@H](CO)[C@@H](O)[C@H](O)[C@H]2O)cc1)(P(=O)(O)O)P(=O)(O)O. The number of aliphatic hydroxyl groups excluding tert-OH is 4. The summed E-state index contributed by atoms with van der Waals surface area (Å²) in [6.45, 7) is 0.0456. The van der Waals surface area contributed by atoms with Crippen LogP contribution in [0.4, 0.5) is 5.69 Å². The number of benzene rings is 1. The van der Waals surface area contributed by atoms with Crippen molar-refractivity contribution in [2.24, 2.45) is 0 Å². The molecule has 29 heavy (non-hydrogen) atoms. The minimum absolute atomic E-state index is 0.0499. The fourth-order valence-electron chi connectivity index (χ4n) is 2.50. The zero-order chi connectivity index (χ0) is 22.2. The number of anilines is 1. The van der Waals surface area contributed by atoms with Gasteiger partial charge in [-0.05, 0) is 31.2 Å². The number of hydrogen-bond donors (Lipinski definition) is 9. The summed E-state index contributed by atoms with van der Waals surface area (Å²) in [6.07, 6.45) is -7.46. The highest BCUT2D eigenvalue weighted by Crippen LogP contribution is 2.68. The van der Waals surface area contributed by atoms with Gasteiger partial charge >= 0.3 is 15.2 Å². The van der Waals surface area contributed by atoms with Crippen LogP contribution in [-0.4, -0.2) is 82.3 Å². The van der Waals surface area contributed by atoms with Crippen molar-refractivity contribution in [2.45, 2.75) is 42.7 Å². The molecule has 5 atom stereocenters. The number of rotatable bonds is 7. The predicted octanol–water partition coefficient (Wildman–Crippen LogP) is -1.69. The van der Waals surface area contributed by atoms with Gasteiger partial charge in [0, 0.05) is 5.69 Å². The second-order valence-corrected chi connectivity index (χ2v) is 10.9. The van der Waals surface area contributed by atoms with E-state index >= 15 is 0 Å². The van der Waals surface area contributed by atoms with E-state index in [1.54, 1.807) is 0 Å². The van der Waals surface area contributed by atoms with Gasteiger partial charge in [0.05, 0.1) is 6.61 Å². The molecule has 0 radical (unpaired) electrons. The first-order chi connectivity index (χ1) is 13.2. The first-order valence-corrected chi connectivity index (χ1v) is 11.4. The Morgan fingerprint density at radius 3 is 1.97 bits per heavy atom. The molecule has 1 saturated heterocycles. The van der Waals surface area contributed by atoms with E-state index < -0.39 is 57.5 Å². The molecule has 1 heterocycles. The number of nitrogens with one attached hydrogen (secondary N) is 1. The Balaban J connectivity index is 2.16. The van der Waals surface area contributed by atoms with Gasteiger partial charge in [-0.1, -0.05) is 0 Å². The molecule has 1 aliphatic rings. The van der Waals surface area contributed by atoms with Gasteiger partial charge in [0.25, 0.3) is 0 Å². The van der Waals surface area contributed by atoms with Crippen LogP contribution in [0.5, 0.6) is 5.75 Å². The van der Waals surface area contributed by atoms with Gasteiger partial charge in [0.2, 0.25) is 11.3 Å². The van der Waals surface area contributed by atoms with Crippen LogP contribution in [0.1, 0.15) is 6.92 Å². The van der Waals surface area contributed by atoms with Crippen molar-refractivity contribution in [1.82, 2.24) is 0 Å². The number of aliphatic hydroxyl groups is 4. The fourth-order valence-corrected chi connectivity index (χ4v) is 4.41. The molecule has 166 valence electrons. The minimum atomic E-state index is -5.28. The van der Waals surface area contributed by atoms with E-state index in [-0.39, 0.29) is 11.4 Å². The van der Waals surface area contributed by atoms with Crippen molar-refractivity contribution in [2.75, 3.05) is 11.9 Å². The van der Waals surface area contributed by atoms with E-state index in [1.165, 1.54) is 24.3 Å². The standard InChI is InChI=1S/C14H23NO12P2/c1-14(28(20,21)22,29(23,24)25)15-7-2-4-8(5-3-7)26-13-12(19)11(18)10(17)9(6-16)27-13/h2-5,9-13,15-19H,6H2,1H3,(H2,20,21,22)(H2,23,24,25)/t9-,10-,11+,12-,13?/m1/s1. The quantitative estimate of drug-likeness (QED) is 0.208. The molecule has 0 spiro atoms. The van der Waals surface area contributed by atoms with Gasteiger partial charge in [-0.25, -0.2) is 0 Å². The van der Waals surface area contributed by atoms with E-state index in [9.17, 15) is 44.0 Å². The van der Waals surface area contributed by atoms with Gasteiger partial charge in [-0.15, -0.1) is 0 Å². The van der Waals surface area contributed by atoms with Gasteiger partial charge in [0.15, 0.2) is 0 Å². The normalized spacial score (nSPS) is 28.8. The van der Waals surface area contributed by atoms with Crippen molar-refractivity contribution in [3.8, 4) is 5.75 Å². The maximum Gasteiger partial charge on any atom is 0.362 e. The second kappa shape index (κ2) is 8.58. The highest BCUT2D eigenvalue weighted by molar-refractivity contribution is 7.72. The summed E-state index contributed by atoms with van der Waals surface area (Å²) in [5.74, 6) is 0.0499. The van der Waals surface area contributed by atoms with Crippen LogP contribution >= 0.6 is 15.2 Å². The summed E-state index contributed by atoms with van der Waals surface area (Å²) in [7, 11) is -10.6. The predicted molar refractivity (Wildman–Crippen MR) is 97.0 cm³/mol. The lowest BCUT2D eigenvalue weighted by Gasteiger charge is -2.39. The molecule has 1 aromatic rings. The smallest absolute Gasteiger partial charge is 0.362 e. The first-order valence-electron chi connectivity index (χ1n) is 8.18. The van der Waals surface area contributed by atoms with Crippen LogP contribution in [-0.2, 0) is 13.9 Å². The monoisotopic (exact) mass is 459 g/mol. The highest BCUT2D eigenvalue weighted by atomic mass is 31.2. The van der Waals surface area contributed by atoms with Crippen molar-refractivity contribution >= 4 is 20.9 Å². The molecule has 13 nitrogen and oxygen atoms in total. The third-order valence-corrected chi connectivity index (χ3v) is 8.53. The summed E-state index contributed by atoms with van der Waals surface area (Å²) in [4.78, 5) is 37.4. The molecule has 1 fully saturated rings. The van der Waals surface area contributed by atoms with Crippen LogP contribution in [0, 0.1) is 0 Å². The molecule has 2 rings (SSSR count). The molecule has 1 aliphatic heterocycles. The van der Waals surface area contributed by atoms with E-state index in [0.717, 1.165) is 0 Å². The van der Waals surface area contributed by atoms with Gasteiger partial charge in [0.1, 0.15) is 30.2 Å². The lowest BCUT2D eigenvalue weighted by molar-refractivity contribution is -0.277. The Morgan fingerprint density at radius 2 is 1.52 bits per heavy atom. The maximum absolute atomic E-state index is 11.6. The molecule has 0 bridgehead atoms. The molecule has 0 amide bonds. The average molecular weight is 459 g/mol. The van der Waals surface area contributed by atoms with Crippen molar-refractivity contribution in [1.29, 1.82) is 0 Å². The third-order valence-electron chi connectivity index (χ3n) is 4.47. The Kier molecular flexibility index (Phi) is 7.16. The van der Waals surface area contributed by atoms with Crippen molar-refractivity contribution in [3.05, 3.63) is 24.3 Å². The zero-order valence-electron chi connectivity index (χ0n) is 15.0. The van der Waals surface area contributed by atoms with Crippen LogP contribution < -0.4 is 10.1 Å². The summed E-state index contributed by atoms with van der Waals surface area (Å²) in [5.41, 5.74) is -0.0553. The van der Waals surface area contributed by atoms with Crippen molar-refractivity contribution < 1.29 is 58.6 Å². The molecule has 9 N–H and O–H groups in total. The van der Waals surface area contributed by atoms with Gasteiger partial charge in [-0.3, -0.25) is 9.13 Å². The number of ether oxygens (including phenoxy) is 2. The van der Waals surface area contributed by atoms with Gasteiger partial charge < -0.3 is 54.8 Å². The van der Waals surface area contributed by atoms with E-state index in [1.807, 2.05) is 0 Å². The molecular weight excluding hydrogens is 436 g/mol. The Bertz CT molecular complexity index is 768. The Labute approximate surface area is 164 Å². The highest BCUT2D eigenvalue weighted by Gasteiger charge is 2.56. The lowest BCUT2D eigenvalue weighted by atomic mass is 9.99. The van der Waals surface area contributed by atoms with Crippen molar-refractivity contribution in [3.63, 3.8) is 0 Å². The minimum Gasteiger partial charge on any atom is -0.462 e. The molecule has 0 aliphatic carbocycles. The average Bonchev–Trinajstić information content (AvgIpc) is 2.61. The maximum atomic E-state index is 11.6. The van der Waals surface area contributed by atoms with Gasteiger partial charge in [-0.2, -0.15) is 0 Å². The van der Waals surface area contributed by atoms with E-state index in [2.05, 4.69) is 5.32 Å². The van der Waals surface area contributed by atoms with Crippen LogP contribution in [0.2, 0.25) is 0 Å². The summed E-state index contributed by atoms with van der Waals surface area (Å²) in [6, 6.07) is 4.87. The molecule has 15 heteroatoms. The number of hydrogen-bond acceptors (Lipinski definition) is 9. The summed E-state index contributed by atoms with van der Waals surface area (Å²) in [5, 5.41) is 37.8.